The molecule has 0 aliphatic rings. The molecule has 2 aromatic heterocycles. The molecule has 1 N–H and O–H groups in total. The van der Waals surface area contributed by atoms with Gasteiger partial charge in [0.25, 0.3) is 5.56 Å². The number of aromatic nitrogens is 2. The number of H-pyrrole nitrogens is 1. The highest BCUT2D eigenvalue weighted by molar-refractivity contribution is 4.99. The minimum Gasteiger partial charge on any atom is -0.387 e. The van der Waals surface area contributed by atoms with Crippen molar-refractivity contribution in [1.82, 2.24) is 10.1 Å². The second-order valence-corrected chi connectivity index (χ2v) is 2.36. The van der Waals surface area contributed by atoms with Crippen molar-refractivity contribution < 1.29 is 4.52 Å². The first kappa shape index (κ1) is 9.25. The molecule has 0 radical (unpaired) electrons. The lowest BCUT2D eigenvalue weighted by atomic mass is 10.4. The van der Waals surface area contributed by atoms with Crippen LogP contribution in [0.5, 0.6) is 0 Å². The summed E-state index contributed by atoms with van der Waals surface area (Å²) >= 11 is 0. The lowest BCUT2D eigenvalue weighted by Gasteiger charge is -1.82. The summed E-state index contributed by atoms with van der Waals surface area (Å²) in [6, 6.07) is 7.16. The van der Waals surface area contributed by atoms with Crippen molar-refractivity contribution in [1.29, 1.82) is 0 Å². The third-order valence-electron chi connectivity index (χ3n) is 1.26. The first-order valence-electron chi connectivity index (χ1n) is 3.79. The Morgan fingerprint density at radius 1 is 1.38 bits per heavy atom. The number of aryl methyl sites for hydroxylation is 1. The average Bonchev–Trinajstić information content (AvgIpc) is 2.58. The van der Waals surface area contributed by atoms with Crippen molar-refractivity contribution in [3.63, 3.8) is 0 Å². The van der Waals surface area contributed by atoms with Gasteiger partial charge in [0.15, 0.2) is 0 Å². The van der Waals surface area contributed by atoms with E-state index in [1.165, 1.54) is 12.3 Å². The molecule has 0 aliphatic carbocycles. The summed E-state index contributed by atoms with van der Waals surface area (Å²) in [6.45, 7) is 1.97. The maximum absolute atomic E-state index is 9.92. The highest BCUT2D eigenvalue weighted by Crippen LogP contribution is 1.85. The van der Waals surface area contributed by atoms with Gasteiger partial charge in [0.1, 0.15) is 6.26 Å². The Kier molecular flexibility index (Phi) is 3.50. The van der Waals surface area contributed by atoms with E-state index in [2.05, 4.69) is 14.7 Å². The van der Waals surface area contributed by atoms with Crippen molar-refractivity contribution in [2.45, 2.75) is 6.92 Å². The molecule has 0 aromatic carbocycles. The number of hydrogen-bond acceptors (Lipinski definition) is 3. The first-order valence-corrected chi connectivity index (χ1v) is 3.79. The van der Waals surface area contributed by atoms with Gasteiger partial charge in [-0.05, 0) is 19.1 Å². The highest BCUT2D eigenvalue weighted by atomic mass is 16.5. The molecule has 13 heavy (non-hydrogen) atoms. The molecule has 0 aliphatic heterocycles. The van der Waals surface area contributed by atoms with Gasteiger partial charge >= 0.3 is 0 Å². The monoisotopic (exact) mass is 178 g/mol. The number of nitrogens with one attached hydrogen (secondary N) is 1. The van der Waals surface area contributed by atoms with Gasteiger partial charge in [-0.2, -0.15) is 5.16 Å². The second kappa shape index (κ2) is 4.92. The predicted octanol–water partition coefficient (Wildman–Crippen LogP) is 1.36. The Bertz CT molecular complexity index is 361. The summed E-state index contributed by atoms with van der Waals surface area (Å²) in [5.41, 5.74) is 0.873. The number of pyridine rings is 1. The molecule has 2 heterocycles. The highest BCUT2D eigenvalue weighted by Gasteiger charge is 1.73. The normalized spacial score (nSPS) is 8.69. The predicted molar refractivity (Wildman–Crippen MR) is 48.3 cm³/mol. The van der Waals surface area contributed by atoms with Gasteiger partial charge in [-0.3, -0.25) is 9.78 Å². The standard InChI is InChI=1S/C6H7N.C3H3NO2/c1-6-4-2-3-5-7-6;5-3-1-2-6-4-3/h2-5H,1H3;1-2H,(H,4,5). The number of rotatable bonds is 0. The van der Waals surface area contributed by atoms with Crippen molar-refractivity contribution in [2.75, 3.05) is 0 Å². The zero-order valence-corrected chi connectivity index (χ0v) is 7.23. The summed E-state index contributed by atoms with van der Waals surface area (Å²) in [7, 11) is 0. The molecular formula is C9H10N2O2. The Morgan fingerprint density at radius 2 is 2.23 bits per heavy atom. The van der Waals surface area contributed by atoms with Crippen LogP contribution in [0, 0.1) is 6.92 Å². The van der Waals surface area contributed by atoms with E-state index in [9.17, 15) is 4.79 Å². The number of hydrogen-bond donors (Lipinski definition) is 1. The Labute approximate surface area is 75.2 Å². The fourth-order valence-corrected chi connectivity index (χ4v) is 0.670. The van der Waals surface area contributed by atoms with Crippen LogP contribution in [0.1, 0.15) is 5.69 Å². The third-order valence-corrected chi connectivity index (χ3v) is 1.26. The molecule has 0 unspecified atom stereocenters. The van der Waals surface area contributed by atoms with Crippen LogP contribution in [0.15, 0.2) is 46.0 Å². The molecule has 0 amide bonds. The molecule has 0 spiro atoms. The fourth-order valence-electron chi connectivity index (χ4n) is 0.670. The van der Waals surface area contributed by atoms with Crippen LogP contribution in [-0.2, 0) is 0 Å². The van der Waals surface area contributed by atoms with E-state index in [1.54, 1.807) is 6.20 Å². The largest absolute Gasteiger partial charge is 0.387 e. The lowest BCUT2D eigenvalue weighted by Crippen LogP contribution is -1.91. The summed E-state index contributed by atoms with van der Waals surface area (Å²) < 4.78 is 4.28. The molecule has 0 bridgehead atoms. The summed E-state index contributed by atoms with van der Waals surface area (Å²) in [6.07, 6.45) is 3.08. The Hall–Kier alpha value is -1.84. The van der Waals surface area contributed by atoms with Crippen molar-refractivity contribution >= 4 is 0 Å². The van der Waals surface area contributed by atoms with E-state index >= 15 is 0 Å². The van der Waals surface area contributed by atoms with E-state index in [0.717, 1.165) is 5.69 Å². The van der Waals surface area contributed by atoms with E-state index in [1.807, 2.05) is 25.1 Å². The Morgan fingerprint density at radius 3 is 2.46 bits per heavy atom. The van der Waals surface area contributed by atoms with Crippen LogP contribution >= 0.6 is 0 Å². The second-order valence-electron chi connectivity index (χ2n) is 2.36. The van der Waals surface area contributed by atoms with Crippen LogP contribution in [0.2, 0.25) is 0 Å². The van der Waals surface area contributed by atoms with Crippen LogP contribution in [0.3, 0.4) is 0 Å². The van der Waals surface area contributed by atoms with E-state index in [4.69, 9.17) is 0 Å². The zero-order valence-electron chi connectivity index (χ0n) is 7.23. The summed E-state index contributed by atoms with van der Waals surface area (Å²) in [4.78, 5) is 13.9. The maximum atomic E-state index is 9.92. The molecule has 0 saturated carbocycles. The van der Waals surface area contributed by atoms with Crippen molar-refractivity contribution in [2.24, 2.45) is 0 Å². The van der Waals surface area contributed by atoms with E-state index in [0.29, 0.717) is 0 Å². The SMILES string of the molecule is Cc1ccccn1.O=c1cco[nH]1. The van der Waals surface area contributed by atoms with Gasteiger partial charge < -0.3 is 4.52 Å². The molecule has 2 aromatic rings. The maximum Gasteiger partial charge on any atom is 0.279 e. The summed E-state index contributed by atoms with van der Waals surface area (Å²) in [5, 5.41) is 2.07. The third kappa shape index (κ3) is 3.91. The average molecular weight is 178 g/mol. The van der Waals surface area contributed by atoms with Crippen LogP contribution in [-0.4, -0.2) is 10.1 Å². The summed E-state index contributed by atoms with van der Waals surface area (Å²) in [5.74, 6) is 0. The molecule has 4 heteroatoms. The van der Waals surface area contributed by atoms with Crippen molar-refractivity contribution in [3.05, 3.63) is 52.8 Å². The van der Waals surface area contributed by atoms with Crippen LogP contribution in [0.4, 0.5) is 0 Å². The molecule has 0 atom stereocenters. The number of aromatic amines is 1. The van der Waals surface area contributed by atoms with Crippen LogP contribution < -0.4 is 5.56 Å². The van der Waals surface area contributed by atoms with Gasteiger partial charge in [-0.25, -0.2) is 0 Å². The topological polar surface area (TPSA) is 58.9 Å². The van der Waals surface area contributed by atoms with Crippen LogP contribution in [0.25, 0.3) is 0 Å². The minimum absolute atomic E-state index is 0.199. The molecule has 68 valence electrons. The van der Waals surface area contributed by atoms with Gasteiger partial charge in [-0.15, -0.1) is 0 Å². The van der Waals surface area contributed by atoms with Gasteiger partial charge in [-0.1, -0.05) is 6.07 Å². The fraction of sp³-hybridized carbons (Fsp3) is 0.111. The number of nitrogens with zero attached hydrogens (tertiary/aromatic N) is 1. The molecule has 4 nitrogen and oxygen atoms in total. The molecule has 2 rings (SSSR count). The van der Waals surface area contributed by atoms with Crippen molar-refractivity contribution in [3.8, 4) is 0 Å². The Balaban J connectivity index is 0.000000132. The molecule has 0 fully saturated rings. The smallest absolute Gasteiger partial charge is 0.279 e. The quantitative estimate of drug-likeness (QED) is 0.662. The van der Waals surface area contributed by atoms with Gasteiger partial charge in [0.2, 0.25) is 0 Å². The molecular weight excluding hydrogens is 168 g/mol. The van der Waals surface area contributed by atoms with E-state index < -0.39 is 0 Å². The zero-order chi connectivity index (χ0) is 9.52. The molecule has 0 saturated heterocycles. The van der Waals surface area contributed by atoms with Gasteiger partial charge in [0, 0.05) is 18.0 Å². The van der Waals surface area contributed by atoms with E-state index in [-0.39, 0.29) is 5.56 Å². The van der Waals surface area contributed by atoms with Gasteiger partial charge in [0.05, 0.1) is 0 Å². The lowest BCUT2D eigenvalue weighted by molar-refractivity contribution is 0.413. The first-order chi connectivity index (χ1) is 6.29. The minimum atomic E-state index is -0.199.